The zero-order valence-electron chi connectivity index (χ0n) is 10.6. The molecule has 0 aliphatic rings. The van der Waals surface area contributed by atoms with Crippen molar-refractivity contribution in [3.8, 4) is 5.19 Å². The van der Waals surface area contributed by atoms with Crippen molar-refractivity contribution in [2.75, 3.05) is 6.61 Å². The molecule has 2 aromatic carbocycles. The first-order valence-corrected chi connectivity index (χ1v) is 7.26. The Balaban J connectivity index is 1.52. The van der Waals surface area contributed by atoms with Crippen LogP contribution in [0.15, 0.2) is 54.6 Å². The molecule has 0 unspecified atom stereocenters. The fourth-order valence-corrected chi connectivity index (χ4v) is 2.83. The molecule has 1 aromatic heterocycles. The van der Waals surface area contributed by atoms with Gasteiger partial charge in [-0.25, -0.2) is 4.98 Å². The lowest BCUT2D eigenvalue weighted by molar-refractivity contribution is 0.310. The molecule has 0 saturated heterocycles. The fraction of sp³-hybridized carbons (Fsp3) is 0.188. The molecule has 0 fully saturated rings. The molecule has 1 heterocycles. The lowest BCUT2D eigenvalue weighted by atomic mass is 10.1. The molecular formula is C16H15NOS. The summed E-state index contributed by atoms with van der Waals surface area (Å²) in [7, 11) is 0. The number of hydrogen-bond acceptors (Lipinski definition) is 3. The van der Waals surface area contributed by atoms with Crippen LogP contribution in [0, 0.1) is 0 Å². The van der Waals surface area contributed by atoms with Crippen LogP contribution in [0.25, 0.3) is 10.2 Å². The van der Waals surface area contributed by atoms with Crippen molar-refractivity contribution >= 4 is 21.6 Å². The monoisotopic (exact) mass is 269 g/mol. The maximum absolute atomic E-state index is 5.72. The number of thiazole rings is 1. The van der Waals surface area contributed by atoms with E-state index in [1.807, 2.05) is 24.3 Å². The van der Waals surface area contributed by atoms with E-state index in [2.05, 4.69) is 35.3 Å². The predicted molar refractivity (Wildman–Crippen MR) is 79.9 cm³/mol. The van der Waals surface area contributed by atoms with E-state index in [1.54, 1.807) is 11.3 Å². The fourth-order valence-electron chi connectivity index (χ4n) is 1.99. The van der Waals surface area contributed by atoms with Crippen molar-refractivity contribution in [2.24, 2.45) is 0 Å². The molecule has 2 nitrogen and oxygen atoms in total. The number of rotatable bonds is 5. The van der Waals surface area contributed by atoms with E-state index >= 15 is 0 Å². The van der Waals surface area contributed by atoms with Gasteiger partial charge < -0.3 is 4.74 Å². The van der Waals surface area contributed by atoms with Crippen LogP contribution >= 0.6 is 11.3 Å². The Hall–Kier alpha value is -1.87. The molecule has 0 bridgehead atoms. The number of aromatic nitrogens is 1. The Kier molecular flexibility index (Phi) is 3.75. The molecular weight excluding hydrogens is 254 g/mol. The smallest absolute Gasteiger partial charge is 0.274 e. The quantitative estimate of drug-likeness (QED) is 0.644. The lowest BCUT2D eigenvalue weighted by Gasteiger charge is -2.02. The Morgan fingerprint density at radius 2 is 1.74 bits per heavy atom. The van der Waals surface area contributed by atoms with E-state index in [1.165, 1.54) is 10.3 Å². The summed E-state index contributed by atoms with van der Waals surface area (Å²) in [4.78, 5) is 4.45. The highest BCUT2D eigenvalue weighted by Gasteiger charge is 2.03. The zero-order valence-corrected chi connectivity index (χ0v) is 11.4. The highest BCUT2D eigenvalue weighted by molar-refractivity contribution is 7.20. The molecule has 0 radical (unpaired) electrons. The van der Waals surface area contributed by atoms with Crippen molar-refractivity contribution < 1.29 is 4.74 Å². The van der Waals surface area contributed by atoms with Crippen molar-refractivity contribution in [3.05, 3.63) is 60.2 Å². The van der Waals surface area contributed by atoms with Crippen LogP contribution in [0.4, 0.5) is 0 Å². The van der Waals surface area contributed by atoms with E-state index in [0.717, 1.165) is 23.6 Å². The largest absolute Gasteiger partial charge is 0.470 e. The van der Waals surface area contributed by atoms with Crippen molar-refractivity contribution in [3.63, 3.8) is 0 Å². The van der Waals surface area contributed by atoms with E-state index in [-0.39, 0.29) is 0 Å². The highest BCUT2D eigenvalue weighted by atomic mass is 32.1. The third kappa shape index (κ3) is 3.12. The van der Waals surface area contributed by atoms with Crippen LogP contribution in [-0.4, -0.2) is 11.6 Å². The van der Waals surface area contributed by atoms with E-state index in [4.69, 9.17) is 4.74 Å². The van der Waals surface area contributed by atoms with Crippen LogP contribution in [-0.2, 0) is 6.42 Å². The van der Waals surface area contributed by atoms with Gasteiger partial charge in [0.2, 0.25) is 0 Å². The van der Waals surface area contributed by atoms with Gasteiger partial charge in [-0.1, -0.05) is 53.8 Å². The van der Waals surface area contributed by atoms with Crippen LogP contribution < -0.4 is 4.74 Å². The molecule has 0 saturated carbocycles. The van der Waals surface area contributed by atoms with Crippen LogP contribution in [0.1, 0.15) is 12.0 Å². The van der Waals surface area contributed by atoms with Gasteiger partial charge in [0, 0.05) is 0 Å². The SMILES string of the molecule is c1ccc(CCCOc2nc3ccccc3s2)cc1. The Labute approximate surface area is 116 Å². The standard InChI is InChI=1S/C16H15NOS/c1-2-7-13(8-3-1)9-6-12-18-16-17-14-10-4-5-11-15(14)19-16/h1-5,7-8,10-11H,6,9,12H2. The van der Waals surface area contributed by atoms with Gasteiger partial charge in [-0.05, 0) is 30.5 Å². The number of ether oxygens (including phenoxy) is 1. The van der Waals surface area contributed by atoms with Gasteiger partial charge in [0.05, 0.1) is 16.8 Å². The second-order valence-electron chi connectivity index (χ2n) is 4.39. The van der Waals surface area contributed by atoms with Gasteiger partial charge in [-0.15, -0.1) is 0 Å². The summed E-state index contributed by atoms with van der Waals surface area (Å²) < 4.78 is 6.90. The molecule has 3 aromatic rings. The second kappa shape index (κ2) is 5.85. The van der Waals surface area contributed by atoms with Gasteiger partial charge in [-0.3, -0.25) is 0 Å². The highest BCUT2D eigenvalue weighted by Crippen LogP contribution is 2.27. The van der Waals surface area contributed by atoms with Crippen LogP contribution in [0.5, 0.6) is 5.19 Å². The number of benzene rings is 2. The summed E-state index contributed by atoms with van der Waals surface area (Å²) in [6, 6.07) is 18.6. The molecule has 0 spiro atoms. The van der Waals surface area contributed by atoms with E-state index in [9.17, 15) is 0 Å². The number of nitrogens with zero attached hydrogens (tertiary/aromatic N) is 1. The summed E-state index contributed by atoms with van der Waals surface area (Å²) >= 11 is 1.61. The zero-order chi connectivity index (χ0) is 12.9. The van der Waals surface area contributed by atoms with Crippen molar-refractivity contribution in [1.82, 2.24) is 4.98 Å². The topological polar surface area (TPSA) is 22.1 Å². The van der Waals surface area contributed by atoms with Crippen LogP contribution in [0.3, 0.4) is 0 Å². The van der Waals surface area contributed by atoms with E-state index in [0.29, 0.717) is 6.61 Å². The third-order valence-corrected chi connectivity index (χ3v) is 3.90. The number of aryl methyl sites for hydroxylation is 1. The van der Waals surface area contributed by atoms with Gasteiger partial charge in [0.15, 0.2) is 0 Å². The molecule has 0 atom stereocenters. The maximum atomic E-state index is 5.72. The normalized spacial score (nSPS) is 10.7. The Morgan fingerprint density at radius 1 is 0.947 bits per heavy atom. The van der Waals surface area contributed by atoms with Gasteiger partial charge in [0.25, 0.3) is 5.19 Å². The molecule has 0 N–H and O–H groups in total. The minimum Gasteiger partial charge on any atom is -0.470 e. The minimum absolute atomic E-state index is 0.717. The summed E-state index contributed by atoms with van der Waals surface area (Å²) in [6.45, 7) is 0.717. The van der Waals surface area contributed by atoms with Gasteiger partial charge in [0.1, 0.15) is 0 Å². The second-order valence-corrected chi connectivity index (χ2v) is 5.38. The summed E-state index contributed by atoms with van der Waals surface area (Å²) in [5, 5.41) is 0.772. The molecule has 0 aliphatic carbocycles. The number of fused-ring (bicyclic) bond motifs is 1. The molecule has 19 heavy (non-hydrogen) atoms. The molecule has 3 heteroatoms. The summed E-state index contributed by atoms with van der Waals surface area (Å²) in [6.07, 6.45) is 2.06. The minimum atomic E-state index is 0.717. The van der Waals surface area contributed by atoms with Crippen molar-refractivity contribution in [1.29, 1.82) is 0 Å². The number of para-hydroxylation sites is 1. The Morgan fingerprint density at radius 3 is 2.58 bits per heavy atom. The predicted octanol–water partition coefficient (Wildman–Crippen LogP) is 4.31. The van der Waals surface area contributed by atoms with Crippen molar-refractivity contribution in [2.45, 2.75) is 12.8 Å². The molecule has 0 amide bonds. The van der Waals surface area contributed by atoms with Gasteiger partial charge in [-0.2, -0.15) is 0 Å². The van der Waals surface area contributed by atoms with Gasteiger partial charge >= 0.3 is 0 Å². The first-order valence-electron chi connectivity index (χ1n) is 6.44. The average Bonchev–Trinajstić information content (AvgIpc) is 2.87. The Bertz CT molecular complexity index is 615. The molecule has 0 aliphatic heterocycles. The molecule has 3 rings (SSSR count). The average molecular weight is 269 g/mol. The summed E-state index contributed by atoms with van der Waals surface area (Å²) in [5.74, 6) is 0. The first-order chi connectivity index (χ1) is 9.42. The first kappa shape index (κ1) is 12.2. The lowest BCUT2D eigenvalue weighted by Crippen LogP contribution is -1.98. The molecule has 96 valence electrons. The number of hydrogen-bond donors (Lipinski definition) is 0. The summed E-state index contributed by atoms with van der Waals surface area (Å²) in [5.41, 5.74) is 2.38. The third-order valence-electron chi connectivity index (χ3n) is 2.95. The van der Waals surface area contributed by atoms with E-state index < -0.39 is 0 Å². The maximum Gasteiger partial charge on any atom is 0.274 e. The van der Waals surface area contributed by atoms with Crippen LogP contribution in [0.2, 0.25) is 0 Å².